The van der Waals surface area contributed by atoms with Crippen LogP contribution in [0.4, 0.5) is 4.39 Å². The Morgan fingerprint density at radius 3 is 2.47 bits per heavy atom. The third-order valence-corrected chi connectivity index (χ3v) is 6.64. The summed E-state index contributed by atoms with van der Waals surface area (Å²) in [6.45, 7) is 8.98. The third kappa shape index (κ3) is 5.43. The summed E-state index contributed by atoms with van der Waals surface area (Å²) >= 11 is 0. The Morgan fingerprint density at radius 1 is 1.15 bits per heavy atom. The second-order valence-electron chi connectivity index (χ2n) is 10.5. The maximum atomic E-state index is 13.7. The molecule has 0 unspecified atom stereocenters. The van der Waals surface area contributed by atoms with Gasteiger partial charge >= 0.3 is 0 Å². The minimum atomic E-state index is -0.572. The maximum absolute atomic E-state index is 13.7. The highest BCUT2D eigenvalue weighted by atomic mass is 19.1. The zero-order chi connectivity index (χ0) is 24.5. The molecule has 2 aromatic carbocycles. The summed E-state index contributed by atoms with van der Waals surface area (Å²) in [6.07, 6.45) is 3.07. The van der Waals surface area contributed by atoms with Crippen LogP contribution in [0, 0.1) is 17.2 Å². The van der Waals surface area contributed by atoms with Crippen molar-refractivity contribution in [2.24, 2.45) is 11.3 Å². The molecule has 1 aliphatic heterocycles. The molecule has 2 amide bonds. The molecule has 2 atom stereocenters. The number of carbonyl (C=O) groups excluding carboxylic acids is 2. The van der Waals surface area contributed by atoms with Crippen LogP contribution in [0.25, 0.3) is 0 Å². The van der Waals surface area contributed by atoms with Gasteiger partial charge in [0.25, 0.3) is 5.91 Å². The quantitative estimate of drug-likeness (QED) is 0.623. The van der Waals surface area contributed by atoms with Crippen molar-refractivity contribution in [3.05, 3.63) is 65.0 Å². The molecule has 6 heteroatoms. The number of benzene rings is 2. The number of nitrogens with one attached hydrogen (secondary N) is 1. The van der Waals surface area contributed by atoms with Crippen molar-refractivity contribution in [2.75, 3.05) is 13.1 Å². The molecule has 1 fully saturated rings. The van der Waals surface area contributed by atoms with Gasteiger partial charge in [-0.15, -0.1) is 0 Å². The van der Waals surface area contributed by atoms with E-state index in [9.17, 15) is 14.0 Å². The van der Waals surface area contributed by atoms with E-state index in [1.165, 1.54) is 25.0 Å². The molecule has 0 radical (unpaired) electrons. The fraction of sp³-hybridized carbons (Fsp3) is 0.500. The molecule has 0 aromatic heterocycles. The van der Waals surface area contributed by atoms with Gasteiger partial charge in [0.2, 0.25) is 5.91 Å². The summed E-state index contributed by atoms with van der Waals surface area (Å²) in [7, 11) is 0. The van der Waals surface area contributed by atoms with Gasteiger partial charge < -0.3 is 15.0 Å². The van der Waals surface area contributed by atoms with Crippen LogP contribution in [0.3, 0.4) is 0 Å². The number of carbonyl (C=O) groups is 2. The van der Waals surface area contributed by atoms with Gasteiger partial charge in [-0.05, 0) is 72.6 Å². The summed E-state index contributed by atoms with van der Waals surface area (Å²) in [4.78, 5) is 27.9. The number of fused-ring (bicyclic) bond motifs is 1. The number of rotatable bonds is 7. The van der Waals surface area contributed by atoms with Crippen LogP contribution in [0.1, 0.15) is 69.7 Å². The van der Waals surface area contributed by atoms with E-state index >= 15 is 0 Å². The van der Waals surface area contributed by atoms with E-state index in [2.05, 4.69) is 5.32 Å². The van der Waals surface area contributed by atoms with Gasteiger partial charge in [-0.1, -0.05) is 45.9 Å². The Hall–Kier alpha value is -2.89. The second kappa shape index (κ2) is 9.77. The van der Waals surface area contributed by atoms with E-state index < -0.39 is 11.5 Å². The molecule has 2 aromatic rings. The Morgan fingerprint density at radius 2 is 1.85 bits per heavy atom. The predicted molar refractivity (Wildman–Crippen MR) is 130 cm³/mol. The molecule has 34 heavy (non-hydrogen) atoms. The van der Waals surface area contributed by atoms with Crippen molar-refractivity contribution in [1.82, 2.24) is 10.2 Å². The van der Waals surface area contributed by atoms with Crippen molar-refractivity contribution in [3.63, 3.8) is 0 Å². The first-order valence-corrected chi connectivity index (χ1v) is 12.3. The zero-order valence-electron chi connectivity index (χ0n) is 20.6. The van der Waals surface area contributed by atoms with Crippen molar-refractivity contribution in [2.45, 2.75) is 65.5 Å². The largest absolute Gasteiger partial charge is 0.481 e. The minimum absolute atomic E-state index is 0.0460. The zero-order valence-corrected chi connectivity index (χ0v) is 20.6. The highest BCUT2D eigenvalue weighted by Crippen LogP contribution is 2.39. The van der Waals surface area contributed by atoms with Crippen LogP contribution in [-0.4, -0.2) is 35.9 Å². The maximum Gasteiger partial charge on any atom is 0.261 e. The monoisotopic (exact) mass is 466 g/mol. The normalized spacial score (nSPS) is 18.7. The molecule has 1 saturated carbocycles. The number of amides is 2. The van der Waals surface area contributed by atoms with Gasteiger partial charge in [-0.3, -0.25) is 9.59 Å². The first-order valence-electron chi connectivity index (χ1n) is 12.3. The summed E-state index contributed by atoms with van der Waals surface area (Å²) in [6, 6.07) is 11.9. The van der Waals surface area contributed by atoms with E-state index in [0.717, 1.165) is 23.1 Å². The predicted octanol–water partition coefficient (Wildman–Crippen LogP) is 5.03. The lowest BCUT2D eigenvalue weighted by atomic mass is 9.85. The van der Waals surface area contributed by atoms with Crippen LogP contribution in [0.5, 0.6) is 5.75 Å². The van der Waals surface area contributed by atoms with E-state index in [1.54, 1.807) is 12.1 Å². The fourth-order valence-corrected chi connectivity index (χ4v) is 4.49. The number of hydrogen-bond acceptors (Lipinski definition) is 3. The Bertz CT molecular complexity index is 1040. The SMILES string of the molecule is CC[C@@H](Oc1ccc2c(c1)[C@@H](c1ccc(F)cc1)N(C(=O)C(C)(C)C)CC2)C(=O)NCC1CC1. The van der Waals surface area contributed by atoms with Gasteiger partial charge in [-0.25, -0.2) is 4.39 Å². The average molecular weight is 467 g/mol. The minimum Gasteiger partial charge on any atom is -0.481 e. The third-order valence-electron chi connectivity index (χ3n) is 6.64. The number of nitrogens with zero attached hydrogens (tertiary/aromatic N) is 1. The van der Waals surface area contributed by atoms with E-state index in [1.807, 2.05) is 50.8 Å². The average Bonchev–Trinajstić information content (AvgIpc) is 3.64. The number of ether oxygens (including phenoxy) is 1. The van der Waals surface area contributed by atoms with E-state index in [0.29, 0.717) is 31.2 Å². The Labute approximate surface area is 201 Å². The number of hydrogen-bond donors (Lipinski definition) is 1. The standard InChI is InChI=1S/C28H35FN2O3/c1-5-24(26(32)30-17-18-6-7-18)34-22-13-10-19-14-15-31(27(33)28(2,3)4)25(23(19)16-22)20-8-11-21(29)12-9-20/h8-13,16,18,24-25H,5-7,14-15,17H2,1-4H3,(H,30,32)/t24-,25-/m1/s1. The summed E-state index contributed by atoms with van der Waals surface area (Å²) in [5.41, 5.74) is 2.40. The van der Waals surface area contributed by atoms with Crippen LogP contribution >= 0.6 is 0 Å². The van der Waals surface area contributed by atoms with E-state index in [-0.39, 0.29) is 23.7 Å². The molecule has 5 nitrogen and oxygen atoms in total. The van der Waals surface area contributed by atoms with Crippen LogP contribution < -0.4 is 10.1 Å². The molecule has 182 valence electrons. The molecule has 1 aliphatic carbocycles. The van der Waals surface area contributed by atoms with Gasteiger partial charge in [-0.2, -0.15) is 0 Å². The first kappa shape index (κ1) is 24.2. The highest BCUT2D eigenvalue weighted by molar-refractivity contribution is 5.83. The summed E-state index contributed by atoms with van der Waals surface area (Å²) in [5.74, 6) is 0.849. The Balaban J connectivity index is 1.65. The lowest BCUT2D eigenvalue weighted by Crippen LogP contribution is -2.45. The smallest absolute Gasteiger partial charge is 0.261 e. The number of halogens is 1. The molecule has 4 rings (SSSR count). The molecule has 0 saturated heterocycles. The van der Waals surface area contributed by atoms with Crippen LogP contribution in [0.2, 0.25) is 0 Å². The van der Waals surface area contributed by atoms with Gasteiger partial charge in [0.05, 0.1) is 6.04 Å². The van der Waals surface area contributed by atoms with Gasteiger partial charge in [0.15, 0.2) is 6.10 Å². The fourth-order valence-electron chi connectivity index (χ4n) is 4.49. The molecule has 1 N–H and O–H groups in total. The lowest BCUT2D eigenvalue weighted by Gasteiger charge is -2.41. The van der Waals surface area contributed by atoms with Gasteiger partial charge in [0.1, 0.15) is 11.6 Å². The van der Waals surface area contributed by atoms with E-state index in [4.69, 9.17) is 4.74 Å². The van der Waals surface area contributed by atoms with Crippen molar-refractivity contribution in [3.8, 4) is 5.75 Å². The molecule has 0 spiro atoms. The van der Waals surface area contributed by atoms with Gasteiger partial charge in [0, 0.05) is 18.5 Å². The van der Waals surface area contributed by atoms with Crippen LogP contribution in [0.15, 0.2) is 42.5 Å². The van der Waals surface area contributed by atoms with Crippen molar-refractivity contribution < 1.29 is 18.7 Å². The van der Waals surface area contributed by atoms with Crippen LogP contribution in [-0.2, 0) is 16.0 Å². The summed E-state index contributed by atoms with van der Waals surface area (Å²) < 4.78 is 19.8. The summed E-state index contributed by atoms with van der Waals surface area (Å²) in [5, 5.41) is 3.00. The first-order chi connectivity index (χ1) is 16.2. The Kier molecular flexibility index (Phi) is 6.96. The highest BCUT2D eigenvalue weighted by Gasteiger charge is 2.37. The molecule has 1 heterocycles. The molecular formula is C28H35FN2O3. The molecular weight excluding hydrogens is 431 g/mol. The van der Waals surface area contributed by atoms with Crippen molar-refractivity contribution in [1.29, 1.82) is 0 Å². The topological polar surface area (TPSA) is 58.6 Å². The second-order valence-corrected chi connectivity index (χ2v) is 10.5. The molecule has 2 aliphatic rings. The van der Waals surface area contributed by atoms with Crippen molar-refractivity contribution >= 4 is 11.8 Å². The lowest BCUT2D eigenvalue weighted by molar-refractivity contribution is -0.141. The molecule has 0 bridgehead atoms.